The van der Waals surface area contributed by atoms with E-state index < -0.39 is 0 Å². The second-order valence-corrected chi connectivity index (χ2v) is 4.01. The molecular formula is C11H12BrFO2. The van der Waals surface area contributed by atoms with Gasteiger partial charge in [-0.2, -0.15) is 0 Å². The normalized spacial score (nSPS) is 10.1. The van der Waals surface area contributed by atoms with Gasteiger partial charge < -0.3 is 4.74 Å². The largest absolute Gasteiger partial charge is 0.425 e. The number of hydrogen-bond donors (Lipinski definition) is 0. The molecule has 0 saturated heterocycles. The molecule has 0 fully saturated rings. The molecule has 2 nitrogen and oxygen atoms in total. The maximum absolute atomic E-state index is 12.7. The molecule has 4 heteroatoms. The highest BCUT2D eigenvalue weighted by Crippen LogP contribution is 2.25. The number of hydrogen-bond acceptors (Lipinski definition) is 2. The van der Waals surface area contributed by atoms with Crippen molar-refractivity contribution in [1.29, 1.82) is 0 Å². The fourth-order valence-electron chi connectivity index (χ4n) is 1.05. The lowest BCUT2D eigenvalue weighted by molar-refractivity contribution is -0.134. The van der Waals surface area contributed by atoms with Crippen molar-refractivity contribution in [3.05, 3.63) is 28.5 Å². The summed E-state index contributed by atoms with van der Waals surface area (Å²) in [6.45, 7) is 2.00. The van der Waals surface area contributed by atoms with Crippen molar-refractivity contribution < 1.29 is 13.9 Å². The number of carbonyl (C=O) groups excluding carboxylic acids is 1. The maximum Gasteiger partial charge on any atom is 0.311 e. The zero-order chi connectivity index (χ0) is 11.3. The van der Waals surface area contributed by atoms with Gasteiger partial charge in [0.2, 0.25) is 0 Å². The number of rotatable bonds is 4. The second kappa shape index (κ2) is 5.85. The lowest BCUT2D eigenvalue weighted by atomic mass is 10.2. The monoisotopic (exact) mass is 274 g/mol. The number of halogens is 2. The summed E-state index contributed by atoms with van der Waals surface area (Å²) in [4.78, 5) is 11.3. The van der Waals surface area contributed by atoms with Gasteiger partial charge in [0.15, 0.2) is 0 Å². The Bertz CT molecular complexity index is 352. The molecule has 0 spiro atoms. The van der Waals surface area contributed by atoms with E-state index in [0.717, 1.165) is 12.8 Å². The lowest BCUT2D eigenvalue weighted by Crippen LogP contribution is -2.07. The van der Waals surface area contributed by atoms with Crippen LogP contribution in [0.4, 0.5) is 4.39 Å². The van der Waals surface area contributed by atoms with Gasteiger partial charge in [-0.15, -0.1) is 0 Å². The van der Waals surface area contributed by atoms with E-state index in [-0.39, 0.29) is 11.8 Å². The van der Waals surface area contributed by atoms with E-state index in [4.69, 9.17) is 4.74 Å². The third-order valence-electron chi connectivity index (χ3n) is 1.85. The van der Waals surface area contributed by atoms with Gasteiger partial charge >= 0.3 is 5.97 Å². The minimum absolute atomic E-state index is 0.288. The zero-order valence-electron chi connectivity index (χ0n) is 8.43. The van der Waals surface area contributed by atoms with Crippen LogP contribution in [0.15, 0.2) is 22.7 Å². The molecule has 1 aromatic carbocycles. The van der Waals surface area contributed by atoms with Crippen LogP contribution < -0.4 is 4.74 Å². The second-order valence-electron chi connectivity index (χ2n) is 3.15. The van der Waals surface area contributed by atoms with Crippen LogP contribution in [0.3, 0.4) is 0 Å². The summed E-state index contributed by atoms with van der Waals surface area (Å²) in [5.74, 6) is -0.295. The molecule has 0 saturated carbocycles. The van der Waals surface area contributed by atoms with Gasteiger partial charge in [0.25, 0.3) is 0 Å². The molecule has 0 aliphatic rings. The topological polar surface area (TPSA) is 26.3 Å². The molecule has 82 valence electrons. The first-order valence-electron chi connectivity index (χ1n) is 4.79. The van der Waals surface area contributed by atoms with E-state index in [2.05, 4.69) is 15.9 Å². The molecule has 0 aromatic heterocycles. The van der Waals surface area contributed by atoms with Crippen LogP contribution in [-0.4, -0.2) is 5.97 Å². The Hall–Kier alpha value is -0.900. The van der Waals surface area contributed by atoms with E-state index in [1.165, 1.54) is 18.2 Å². The third kappa shape index (κ3) is 4.00. The van der Waals surface area contributed by atoms with Crippen molar-refractivity contribution >= 4 is 21.9 Å². The standard InChI is InChI=1S/C11H12BrFO2/c1-2-3-4-11(14)15-10-6-5-8(13)7-9(10)12/h5-7H,2-4H2,1H3. The smallest absolute Gasteiger partial charge is 0.311 e. The highest BCUT2D eigenvalue weighted by molar-refractivity contribution is 9.10. The number of unbranched alkanes of at least 4 members (excludes halogenated alkanes) is 1. The number of carbonyl (C=O) groups is 1. The Morgan fingerprint density at radius 1 is 1.53 bits per heavy atom. The number of ether oxygens (including phenoxy) is 1. The van der Waals surface area contributed by atoms with Gasteiger partial charge in [0.05, 0.1) is 4.47 Å². The zero-order valence-corrected chi connectivity index (χ0v) is 10.0. The van der Waals surface area contributed by atoms with Gasteiger partial charge in [0, 0.05) is 6.42 Å². The van der Waals surface area contributed by atoms with E-state index >= 15 is 0 Å². The van der Waals surface area contributed by atoms with Crippen molar-refractivity contribution in [3.8, 4) is 5.75 Å². The number of benzene rings is 1. The Kier molecular flexibility index (Phi) is 4.75. The van der Waals surface area contributed by atoms with Crippen LogP contribution in [-0.2, 0) is 4.79 Å². The molecule has 0 atom stereocenters. The maximum atomic E-state index is 12.7. The first-order valence-corrected chi connectivity index (χ1v) is 5.58. The Morgan fingerprint density at radius 2 is 2.27 bits per heavy atom. The van der Waals surface area contributed by atoms with Crippen molar-refractivity contribution in [2.45, 2.75) is 26.2 Å². The highest BCUT2D eigenvalue weighted by Gasteiger charge is 2.07. The molecular weight excluding hydrogens is 263 g/mol. The summed E-state index contributed by atoms with van der Waals surface area (Å²) < 4.78 is 18.2. The van der Waals surface area contributed by atoms with E-state index in [9.17, 15) is 9.18 Å². The van der Waals surface area contributed by atoms with Crippen LogP contribution >= 0.6 is 15.9 Å². The van der Waals surface area contributed by atoms with E-state index in [1.54, 1.807) is 0 Å². The highest BCUT2D eigenvalue weighted by atomic mass is 79.9. The SMILES string of the molecule is CCCCC(=O)Oc1ccc(F)cc1Br. The molecule has 0 aliphatic carbocycles. The third-order valence-corrected chi connectivity index (χ3v) is 2.47. The molecule has 15 heavy (non-hydrogen) atoms. The van der Waals surface area contributed by atoms with Gasteiger partial charge in [-0.05, 0) is 40.5 Å². The predicted molar refractivity (Wildman–Crippen MR) is 59.3 cm³/mol. The van der Waals surface area contributed by atoms with Crippen LogP contribution in [0.1, 0.15) is 26.2 Å². The van der Waals surface area contributed by atoms with Crippen molar-refractivity contribution in [2.75, 3.05) is 0 Å². The van der Waals surface area contributed by atoms with Gasteiger partial charge in [-0.25, -0.2) is 4.39 Å². The fraction of sp³-hybridized carbons (Fsp3) is 0.364. The van der Waals surface area contributed by atoms with Crippen LogP contribution in [0.2, 0.25) is 0 Å². The molecule has 1 aromatic rings. The summed E-state index contributed by atoms with van der Waals surface area (Å²) >= 11 is 3.13. The fourth-order valence-corrected chi connectivity index (χ4v) is 1.48. The molecule has 0 heterocycles. The Morgan fingerprint density at radius 3 is 2.87 bits per heavy atom. The summed E-state index contributed by atoms with van der Waals surface area (Å²) in [7, 11) is 0. The Balaban J connectivity index is 2.60. The molecule has 0 radical (unpaired) electrons. The minimum atomic E-state index is -0.366. The van der Waals surface area contributed by atoms with Crippen molar-refractivity contribution in [3.63, 3.8) is 0 Å². The summed E-state index contributed by atoms with van der Waals surface area (Å²) in [6.07, 6.45) is 2.14. The molecule has 0 bridgehead atoms. The lowest BCUT2D eigenvalue weighted by Gasteiger charge is -2.05. The first-order chi connectivity index (χ1) is 7.13. The summed E-state index contributed by atoms with van der Waals surface area (Å²) in [5, 5.41) is 0. The average Bonchev–Trinajstić information content (AvgIpc) is 2.19. The summed E-state index contributed by atoms with van der Waals surface area (Å²) in [6, 6.07) is 3.96. The molecule has 1 rings (SSSR count). The molecule has 0 amide bonds. The van der Waals surface area contributed by atoms with E-state index in [0.29, 0.717) is 16.6 Å². The number of esters is 1. The first kappa shape index (κ1) is 12.2. The van der Waals surface area contributed by atoms with Crippen LogP contribution in [0.5, 0.6) is 5.75 Å². The predicted octanol–water partition coefficient (Wildman–Crippen LogP) is 3.68. The van der Waals surface area contributed by atoms with Gasteiger partial charge in [0.1, 0.15) is 11.6 Å². The van der Waals surface area contributed by atoms with Crippen molar-refractivity contribution in [1.82, 2.24) is 0 Å². The molecule has 0 aliphatic heterocycles. The average molecular weight is 275 g/mol. The minimum Gasteiger partial charge on any atom is -0.425 e. The van der Waals surface area contributed by atoms with Gasteiger partial charge in [-0.3, -0.25) is 4.79 Å². The van der Waals surface area contributed by atoms with Gasteiger partial charge in [-0.1, -0.05) is 13.3 Å². The van der Waals surface area contributed by atoms with Crippen LogP contribution in [0, 0.1) is 5.82 Å². The van der Waals surface area contributed by atoms with E-state index in [1.807, 2.05) is 6.92 Å². The quantitative estimate of drug-likeness (QED) is 0.619. The van der Waals surface area contributed by atoms with Crippen molar-refractivity contribution in [2.24, 2.45) is 0 Å². The molecule has 0 N–H and O–H groups in total. The molecule has 0 unspecified atom stereocenters. The van der Waals surface area contributed by atoms with Crippen LogP contribution in [0.25, 0.3) is 0 Å². The summed E-state index contributed by atoms with van der Waals surface area (Å²) in [5.41, 5.74) is 0. The Labute approximate surface area is 96.6 Å².